The summed E-state index contributed by atoms with van der Waals surface area (Å²) in [5.74, 6) is -0.338. The van der Waals surface area contributed by atoms with Gasteiger partial charge in [0.25, 0.3) is 0 Å². The number of benzene rings is 2. The van der Waals surface area contributed by atoms with E-state index in [0.717, 1.165) is 16.0 Å². The molecule has 0 aliphatic rings. The van der Waals surface area contributed by atoms with E-state index in [2.05, 4.69) is 10.6 Å². The van der Waals surface area contributed by atoms with Crippen molar-refractivity contribution in [3.05, 3.63) is 87.9 Å². The van der Waals surface area contributed by atoms with Crippen molar-refractivity contribution in [2.75, 3.05) is 13.1 Å². The fourth-order valence-corrected chi connectivity index (χ4v) is 5.55. The predicted octanol–water partition coefficient (Wildman–Crippen LogP) is 4.51. The van der Waals surface area contributed by atoms with Crippen LogP contribution in [-0.4, -0.2) is 31.8 Å². The molecule has 2 N–H and O–H groups in total. The third kappa shape index (κ3) is 5.73. The molecule has 1 atom stereocenters. The number of thiophene rings is 1. The lowest BCUT2D eigenvalue weighted by Gasteiger charge is -2.19. The fourth-order valence-electron chi connectivity index (χ4n) is 3.29. The molecule has 0 saturated carbocycles. The van der Waals surface area contributed by atoms with E-state index in [0.29, 0.717) is 13.1 Å². The number of nitrogens with one attached hydrogen (secondary N) is 2. The van der Waals surface area contributed by atoms with Crippen molar-refractivity contribution in [2.45, 2.75) is 31.3 Å². The number of nitrogens with zero attached hydrogens (tertiary/aromatic N) is 1. The van der Waals surface area contributed by atoms with Gasteiger partial charge in [0.15, 0.2) is 0 Å². The number of halogens is 1. The topological polar surface area (TPSA) is 78.5 Å². The first kappa shape index (κ1) is 23.9. The molecule has 1 heterocycles. The molecule has 2 aromatic carbocycles. The van der Waals surface area contributed by atoms with Crippen LogP contribution in [0, 0.1) is 5.82 Å². The van der Waals surface area contributed by atoms with Crippen LogP contribution in [0.1, 0.15) is 35.9 Å². The number of sulfonamides is 1. The molecular weight excluding hydrogens is 449 g/mol. The van der Waals surface area contributed by atoms with Gasteiger partial charge >= 0.3 is 6.03 Å². The molecule has 32 heavy (non-hydrogen) atoms. The first-order valence-corrected chi connectivity index (χ1v) is 12.6. The maximum atomic E-state index is 13.3. The van der Waals surface area contributed by atoms with Crippen molar-refractivity contribution < 1.29 is 17.6 Å². The maximum absolute atomic E-state index is 13.3. The lowest BCUT2D eigenvalue weighted by atomic mass is 10.1. The van der Waals surface area contributed by atoms with Crippen LogP contribution < -0.4 is 10.6 Å². The summed E-state index contributed by atoms with van der Waals surface area (Å²) >= 11 is 1.50. The molecule has 0 fully saturated rings. The molecule has 0 aliphatic carbocycles. The Bertz CT molecular complexity index is 1110. The smallest absolute Gasteiger partial charge is 0.315 e. The number of amides is 2. The van der Waals surface area contributed by atoms with Gasteiger partial charge in [-0.05, 0) is 46.8 Å². The summed E-state index contributed by atoms with van der Waals surface area (Å²) in [6.45, 7) is 4.64. The van der Waals surface area contributed by atoms with Crippen LogP contribution in [0.25, 0.3) is 0 Å². The Morgan fingerprint density at radius 2 is 1.69 bits per heavy atom. The van der Waals surface area contributed by atoms with Crippen molar-refractivity contribution >= 4 is 27.4 Å². The quantitative estimate of drug-likeness (QED) is 0.478. The van der Waals surface area contributed by atoms with E-state index in [-0.39, 0.29) is 23.3 Å². The van der Waals surface area contributed by atoms with Crippen LogP contribution >= 0.6 is 11.3 Å². The fraction of sp³-hybridized carbons (Fsp3) is 0.261. The van der Waals surface area contributed by atoms with E-state index < -0.39 is 16.1 Å². The molecule has 0 bridgehead atoms. The molecule has 1 aromatic heterocycles. The Morgan fingerprint density at radius 1 is 1.03 bits per heavy atom. The molecule has 1 unspecified atom stereocenters. The first-order chi connectivity index (χ1) is 15.3. The second-order valence-electron chi connectivity index (χ2n) is 7.06. The van der Waals surface area contributed by atoms with Gasteiger partial charge in [0.05, 0.1) is 10.9 Å². The standard InChI is InChI=1S/C23H26FN3O3S2/c1-3-27(4-2)32(29,30)20-13-7-17(8-14-20)16-25-23(28)26-22(21-6-5-15-31-21)18-9-11-19(24)12-10-18/h5-15,22H,3-4,16H2,1-2H3,(H2,25,26,28). The zero-order valence-corrected chi connectivity index (χ0v) is 19.5. The van der Waals surface area contributed by atoms with Crippen LogP contribution in [0.2, 0.25) is 0 Å². The van der Waals surface area contributed by atoms with Crippen molar-refractivity contribution in [2.24, 2.45) is 0 Å². The minimum atomic E-state index is -3.52. The number of carbonyl (C=O) groups is 1. The molecule has 170 valence electrons. The lowest BCUT2D eigenvalue weighted by Crippen LogP contribution is -2.37. The van der Waals surface area contributed by atoms with E-state index in [1.54, 1.807) is 50.2 Å². The summed E-state index contributed by atoms with van der Waals surface area (Å²) in [7, 11) is -3.52. The van der Waals surface area contributed by atoms with Gasteiger partial charge in [-0.2, -0.15) is 4.31 Å². The Hall–Kier alpha value is -2.75. The van der Waals surface area contributed by atoms with Gasteiger partial charge in [-0.1, -0.05) is 44.2 Å². The van der Waals surface area contributed by atoms with Gasteiger partial charge in [0, 0.05) is 24.5 Å². The van der Waals surface area contributed by atoms with Gasteiger partial charge in [-0.3, -0.25) is 0 Å². The molecule has 0 radical (unpaired) electrons. The predicted molar refractivity (Wildman–Crippen MR) is 124 cm³/mol. The third-order valence-electron chi connectivity index (χ3n) is 5.03. The molecule has 9 heteroatoms. The van der Waals surface area contributed by atoms with Crippen LogP contribution in [0.3, 0.4) is 0 Å². The average Bonchev–Trinajstić information content (AvgIpc) is 3.32. The molecule has 2 amide bonds. The third-order valence-corrected chi connectivity index (χ3v) is 8.03. The Kier molecular flexibility index (Phi) is 8.00. The Morgan fingerprint density at radius 3 is 2.25 bits per heavy atom. The Labute approximate surface area is 192 Å². The van der Waals surface area contributed by atoms with Crippen molar-refractivity contribution in [1.82, 2.24) is 14.9 Å². The monoisotopic (exact) mass is 475 g/mol. The molecule has 0 aliphatic heterocycles. The second kappa shape index (κ2) is 10.7. The molecule has 0 saturated heterocycles. The summed E-state index contributed by atoms with van der Waals surface area (Å²) in [5, 5.41) is 7.64. The van der Waals surface area contributed by atoms with Crippen LogP contribution in [0.5, 0.6) is 0 Å². The van der Waals surface area contributed by atoms with Crippen LogP contribution in [0.15, 0.2) is 70.9 Å². The van der Waals surface area contributed by atoms with E-state index in [9.17, 15) is 17.6 Å². The van der Waals surface area contributed by atoms with Gasteiger partial charge in [-0.15, -0.1) is 11.3 Å². The molecule has 3 rings (SSSR count). The van der Waals surface area contributed by atoms with E-state index in [1.165, 1.54) is 27.8 Å². The number of rotatable bonds is 9. The normalized spacial score (nSPS) is 12.5. The zero-order valence-electron chi connectivity index (χ0n) is 17.9. The minimum absolute atomic E-state index is 0.225. The summed E-state index contributed by atoms with van der Waals surface area (Å²) in [6.07, 6.45) is 0. The summed E-state index contributed by atoms with van der Waals surface area (Å²) < 4.78 is 39.9. The highest BCUT2D eigenvalue weighted by atomic mass is 32.2. The highest BCUT2D eigenvalue weighted by Gasteiger charge is 2.21. The SMILES string of the molecule is CCN(CC)S(=O)(=O)c1ccc(CNC(=O)NC(c2ccc(F)cc2)c2cccs2)cc1. The Balaban J connectivity index is 1.65. The molecule has 6 nitrogen and oxygen atoms in total. The average molecular weight is 476 g/mol. The van der Waals surface area contributed by atoms with Crippen LogP contribution in [-0.2, 0) is 16.6 Å². The van der Waals surface area contributed by atoms with Crippen molar-refractivity contribution in [3.63, 3.8) is 0 Å². The number of carbonyl (C=O) groups excluding carboxylic acids is 1. The second-order valence-corrected chi connectivity index (χ2v) is 9.98. The van der Waals surface area contributed by atoms with E-state index in [4.69, 9.17) is 0 Å². The molecule has 3 aromatic rings. The number of hydrogen-bond acceptors (Lipinski definition) is 4. The van der Waals surface area contributed by atoms with Crippen LogP contribution in [0.4, 0.5) is 9.18 Å². The van der Waals surface area contributed by atoms with Gasteiger partial charge < -0.3 is 10.6 Å². The summed E-state index contributed by atoms with van der Waals surface area (Å²) in [4.78, 5) is 13.7. The van der Waals surface area contributed by atoms with E-state index in [1.807, 2.05) is 17.5 Å². The lowest BCUT2D eigenvalue weighted by molar-refractivity contribution is 0.238. The summed E-state index contributed by atoms with van der Waals surface area (Å²) in [6, 6.07) is 15.5. The molecular formula is C23H26FN3O3S2. The number of hydrogen-bond donors (Lipinski definition) is 2. The first-order valence-electron chi connectivity index (χ1n) is 10.3. The van der Waals surface area contributed by atoms with E-state index >= 15 is 0 Å². The zero-order chi connectivity index (χ0) is 23.1. The van der Waals surface area contributed by atoms with Gasteiger partial charge in [-0.25, -0.2) is 17.6 Å². The largest absolute Gasteiger partial charge is 0.334 e. The van der Waals surface area contributed by atoms with Gasteiger partial charge in [0.2, 0.25) is 10.0 Å². The highest BCUT2D eigenvalue weighted by Crippen LogP contribution is 2.26. The van der Waals surface area contributed by atoms with Crippen molar-refractivity contribution in [1.29, 1.82) is 0 Å². The van der Waals surface area contributed by atoms with Crippen molar-refractivity contribution in [3.8, 4) is 0 Å². The molecule has 0 spiro atoms. The van der Waals surface area contributed by atoms with Gasteiger partial charge in [0.1, 0.15) is 5.82 Å². The maximum Gasteiger partial charge on any atom is 0.315 e. The summed E-state index contributed by atoms with van der Waals surface area (Å²) in [5.41, 5.74) is 1.54. The number of urea groups is 1. The minimum Gasteiger partial charge on any atom is -0.334 e. The highest BCUT2D eigenvalue weighted by molar-refractivity contribution is 7.89.